The van der Waals surface area contributed by atoms with Gasteiger partial charge in [0.25, 0.3) is 0 Å². The summed E-state index contributed by atoms with van der Waals surface area (Å²) in [5.41, 5.74) is 8.55. The number of aryl methyl sites for hydroxylation is 1. The number of anilines is 1. The highest BCUT2D eigenvalue weighted by atomic mass is 32.2. The Kier molecular flexibility index (Phi) is 5.58. The normalized spacial score (nSPS) is 10.5. The Bertz CT molecular complexity index is 566. The first-order valence-corrected chi connectivity index (χ1v) is 8.32. The summed E-state index contributed by atoms with van der Waals surface area (Å²) in [6.45, 7) is 2.64. The van der Waals surface area contributed by atoms with Gasteiger partial charge < -0.3 is 11.1 Å². The minimum absolute atomic E-state index is 0.0340. The van der Waals surface area contributed by atoms with Gasteiger partial charge in [-0.3, -0.25) is 4.79 Å². The van der Waals surface area contributed by atoms with Gasteiger partial charge in [-0.15, -0.1) is 11.3 Å². The predicted octanol–water partition coefficient (Wildman–Crippen LogP) is 2.75. The standard InChI is InChI=1S/C14H17N3OS2/c1-10-2-4-11(5-3-10)12-8-20-14(16-12)17-13(18)9-19-7-6-15/h2-5,8H,6-7,9,15H2,1H3,(H,16,17,18). The number of nitrogens with one attached hydrogen (secondary N) is 1. The molecule has 0 radical (unpaired) electrons. The monoisotopic (exact) mass is 307 g/mol. The summed E-state index contributed by atoms with van der Waals surface area (Å²) in [5, 5.41) is 5.40. The molecular formula is C14H17N3OS2. The summed E-state index contributed by atoms with van der Waals surface area (Å²) in [6, 6.07) is 8.17. The van der Waals surface area contributed by atoms with E-state index in [-0.39, 0.29) is 5.91 Å². The van der Waals surface area contributed by atoms with Crippen LogP contribution in [0.4, 0.5) is 5.13 Å². The molecule has 0 saturated heterocycles. The fourth-order valence-corrected chi connectivity index (χ4v) is 2.90. The molecule has 3 N–H and O–H groups in total. The third-order valence-corrected chi connectivity index (χ3v) is 4.34. The lowest BCUT2D eigenvalue weighted by molar-refractivity contribution is -0.113. The lowest BCUT2D eigenvalue weighted by atomic mass is 10.1. The number of benzene rings is 1. The first-order valence-electron chi connectivity index (χ1n) is 6.29. The van der Waals surface area contributed by atoms with Crippen molar-refractivity contribution in [1.82, 2.24) is 4.98 Å². The zero-order valence-electron chi connectivity index (χ0n) is 11.3. The van der Waals surface area contributed by atoms with E-state index in [9.17, 15) is 4.79 Å². The Hall–Kier alpha value is -1.37. The van der Waals surface area contributed by atoms with Gasteiger partial charge in [-0.05, 0) is 6.92 Å². The Balaban J connectivity index is 1.95. The molecule has 20 heavy (non-hydrogen) atoms. The highest BCUT2D eigenvalue weighted by Crippen LogP contribution is 2.25. The first kappa shape index (κ1) is 15.0. The van der Waals surface area contributed by atoms with Crippen LogP contribution in [0.25, 0.3) is 11.3 Å². The van der Waals surface area contributed by atoms with Crippen LogP contribution in [0.5, 0.6) is 0 Å². The van der Waals surface area contributed by atoms with Gasteiger partial charge in [0, 0.05) is 23.2 Å². The number of thiazole rings is 1. The third-order valence-electron chi connectivity index (χ3n) is 2.59. The number of hydrogen-bond acceptors (Lipinski definition) is 5. The van der Waals surface area contributed by atoms with Crippen molar-refractivity contribution in [3.8, 4) is 11.3 Å². The molecule has 106 valence electrons. The van der Waals surface area contributed by atoms with E-state index in [0.29, 0.717) is 17.4 Å². The van der Waals surface area contributed by atoms with Gasteiger partial charge >= 0.3 is 0 Å². The van der Waals surface area contributed by atoms with Crippen molar-refractivity contribution in [2.75, 3.05) is 23.4 Å². The number of nitrogens with zero attached hydrogens (tertiary/aromatic N) is 1. The number of thioether (sulfide) groups is 1. The molecule has 2 aromatic rings. The van der Waals surface area contributed by atoms with E-state index in [2.05, 4.69) is 29.4 Å². The number of nitrogens with two attached hydrogens (primary N) is 1. The molecule has 0 spiro atoms. The van der Waals surface area contributed by atoms with Crippen LogP contribution in [0.1, 0.15) is 5.56 Å². The number of aromatic nitrogens is 1. The molecule has 0 aliphatic carbocycles. The molecule has 1 heterocycles. The topological polar surface area (TPSA) is 68.0 Å². The average Bonchev–Trinajstić information content (AvgIpc) is 2.88. The molecule has 1 aromatic heterocycles. The molecule has 0 bridgehead atoms. The highest BCUT2D eigenvalue weighted by Gasteiger charge is 2.07. The van der Waals surface area contributed by atoms with Gasteiger partial charge in [-0.1, -0.05) is 29.8 Å². The van der Waals surface area contributed by atoms with Crippen LogP contribution >= 0.6 is 23.1 Å². The van der Waals surface area contributed by atoms with E-state index in [4.69, 9.17) is 5.73 Å². The van der Waals surface area contributed by atoms with Gasteiger partial charge in [0.05, 0.1) is 11.4 Å². The number of carbonyl (C=O) groups excluding carboxylic acids is 1. The SMILES string of the molecule is Cc1ccc(-c2csc(NC(=O)CSCCN)n2)cc1. The number of carbonyl (C=O) groups is 1. The number of amides is 1. The van der Waals surface area contributed by atoms with Crippen LogP contribution < -0.4 is 11.1 Å². The van der Waals surface area contributed by atoms with Crippen LogP contribution in [-0.2, 0) is 4.79 Å². The molecule has 0 saturated carbocycles. The molecule has 6 heteroatoms. The molecule has 0 fully saturated rings. The van der Waals surface area contributed by atoms with E-state index in [1.165, 1.54) is 28.7 Å². The van der Waals surface area contributed by atoms with E-state index in [0.717, 1.165) is 17.0 Å². The minimum atomic E-state index is -0.0340. The Morgan fingerprint density at radius 3 is 2.85 bits per heavy atom. The van der Waals surface area contributed by atoms with Gasteiger partial charge in [0.2, 0.25) is 5.91 Å². The second-order valence-corrected chi connectivity index (χ2v) is 6.26. The van der Waals surface area contributed by atoms with Crippen LogP contribution in [-0.4, -0.2) is 28.9 Å². The maximum Gasteiger partial charge on any atom is 0.236 e. The van der Waals surface area contributed by atoms with Crippen LogP contribution in [0, 0.1) is 6.92 Å². The minimum Gasteiger partial charge on any atom is -0.330 e. The van der Waals surface area contributed by atoms with Gasteiger partial charge in [0.15, 0.2) is 5.13 Å². The Morgan fingerprint density at radius 1 is 1.40 bits per heavy atom. The van der Waals surface area contributed by atoms with Crippen molar-refractivity contribution in [3.63, 3.8) is 0 Å². The van der Waals surface area contributed by atoms with Gasteiger partial charge in [-0.2, -0.15) is 11.8 Å². The third kappa shape index (κ3) is 4.33. The molecule has 0 aliphatic heterocycles. The summed E-state index contributed by atoms with van der Waals surface area (Å²) < 4.78 is 0. The molecule has 0 atom stereocenters. The lowest BCUT2D eigenvalue weighted by Crippen LogP contribution is -2.15. The van der Waals surface area contributed by atoms with Crippen molar-refractivity contribution in [2.45, 2.75) is 6.92 Å². The summed E-state index contributed by atoms with van der Waals surface area (Å²) in [6.07, 6.45) is 0. The molecule has 4 nitrogen and oxygen atoms in total. The average molecular weight is 307 g/mol. The van der Waals surface area contributed by atoms with Crippen LogP contribution in [0.3, 0.4) is 0 Å². The molecular weight excluding hydrogens is 290 g/mol. The summed E-state index contributed by atoms with van der Waals surface area (Å²) in [7, 11) is 0. The van der Waals surface area contributed by atoms with Crippen molar-refractivity contribution < 1.29 is 4.79 Å². The zero-order valence-corrected chi connectivity index (χ0v) is 12.9. The summed E-state index contributed by atoms with van der Waals surface area (Å²) in [4.78, 5) is 16.1. The fourth-order valence-electron chi connectivity index (χ4n) is 1.59. The molecule has 1 amide bonds. The van der Waals surface area contributed by atoms with Crippen LogP contribution in [0.15, 0.2) is 29.6 Å². The smallest absolute Gasteiger partial charge is 0.236 e. The number of hydrogen-bond donors (Lipinski definition) is 2. The first-order chi connectivity index (χ1) is 9.69. The van der Waals surface area contributed by atoms with E-state index < -0.39 is 0 Å². The zero-order chi connectivity index (χ0) is 14.4. The maximum atomic E-state index is 11.7. The van der Waals surface area contributed by atoms with Crippen LogP contribution in [0.2, 0.25) is 0 Å². The van der Waals surface area contributed by atoms with E-state index in [1.54, 1.807) is 0 Å². The molecule has 0 unspecified atom stereocenters. The van der Waals surface area contributed by atoms with E-state index in [1.807, 2.05) is 17.5 Å². The fraction of sp³-hybridized carbons (Fsp3) is 0.286. The molecule has 2 rings (SSSR count). The van der Waals surface area contributed by atoms with E-state index >= 15 is 0 Å². The maximum absolute atomic E-state index is 11.7. The number of rotatable bonds is 6. The van der Waals surface area contributed by atoms with Crippen molar-refractivity contribution in [2.24, 2.45) is 5.73 Å². The quantitative estimate of drug-likeness (QED) is 0.805. The predicted molar refractivity (Wildman–Crippen MR) is 87.3 cm³/mol. The Morgan fingerprint density at radius 2 is 2.15 bits per heavy atom. The van der Waals surface area contributed by atoms with Gasteiger partial charge in [-0.25, -0.2) is 4.98 Å². The van der Waals surface area contributed by atoms with Crippen molar-refractivity contribution in [3.05, 3.63) is 35.2 Å². The largest absolute Gasteiger partial charge is 0.330 e. The Labute approximate surface area is 126 Å². The molecule has 1 aromatic carbocycles. The summed E-state index contributed by atoms with van der Waals surface area (Å²) in [5.74, 6) is 1.17. The second kappa shape index (κ2) is 7.42. The van der Waals surface area contributed by atoms with Crippen molar-refractivity contribution in [1.29, 1.82) is 0 Å². The highest BCUT2D eigenvalue weighted by molar-refractivity contribution is 7.99. The second-order valence-electron chi connectivity index (χ2n) is 4.29. The van der Waals surface area contributed by atoms with Gasteiger partial charge in [0.1, 0.15) is 0 Å². The lowest BCUT2D eigenvalue weighted by Gasteiger charge is -2.01. The molecule has 0 aliphatic rings. The summed E-state index contributed by atoms with van der Waals surface area (Å²) >= 11 is 2.96. The van der Waals surface area contributed by atoms with Crippen molar-refractivity contribution >= 4 is 34.1 Å².